The van der Waals surface area contributed by atoms with Crippen molar-refractivity contribution in [2.24, 2.45) is 0 Å². The predicted molar refractivity (Wildman–Crippen MR) is 90.6 cm³/mol. The van der Waals surface area contributed by atoms with Gasteiger partial charge in [-0.2, -0.15) is 0 Å². The number of hydrogen-bond donors (Lipinski definition) is 1. The summed E-state index contributed by atoms with van der Waals surface area (Å²) < 4.78 is 0. The molecular weight excluding hydrogens is 294 g/mol. The van der Waals surface area contributed by atoms with Gasteiger partial charge < -0.3 is 5.11 Å². The van der Waals surface area contributed by atoms with Gasteiger partial charge >= 0.3 is 0 Å². The van der Waals surface area contributed by atoms with E-state index >= 15 is 0 Å². The van der Waals surface area contributed by atoms with Gasteiger partial charge in [-0.25, -0.2) is 4.98 Å². The van der Waals surface area contributed by atoms with Crippen LogP contribution in [0.3, 0.4) is 0 Å². The lowest BCUT2D eigenvalue weighted by molar-refractivity contribution is 0.102. The largest absolute Gasteiger partial charge is 0.396 e. The maximum Gasteiger partial charge on any atom is 0.169 e. The molecule has 0 radical (unpaired) electrons. The van der Waals surface area contributed by atoms with Crippen LogP contribution in [0.15, 0.2) is 35.7 Å². The predicted octanol–water partition coefficient (Wildman–Crippen LogP) is 4.01. The van der Waals surface area contributed by atoms with Gasteiger partial charge in [0.05, 0.1) is 16.1 Å². The van der Waals surface area contributed by atoms with Crippen molar-refractivity contribution in [1.29, 1.82) is 0 Å². The zero-order valence-corrected chi connectivity index (χ0v) is 13.4. The molecule has 3 nitrogen and oxygen atoms in total. The summed E-state index contributed by atoms with van der Waals surface area (Å²) in [4.78, 5) is 16.9. The van der Waals surface area contributed by atoms with Gasteiger partial charge in [0.15, 0.2) is 5.78 Å². The standard InChI is InChI=1S/C18H17NO2S/c1-11-7-17(14-9-18(12(2)21)22-10-14)19-16-4-3-13(5-6-20)8-15(11)16/h3-4,7-10,20H,5-6H2,1-2H3. The van der Waals surface area contributed by atoms with Crippen molar-refractivity contribution in [2.75, 3.05) is 6.61 Å². The van der Waals surface area contributed by atoms with Crippen LogP contribution in [0.2, 0.25) is 0 Å². The number of aliphatic hydroxyl groups excluding tert-OH is 1. The molecule has 0 aliphatic rings. The van der Waals surface area contributed by atoms with Crippen LogP contribution in [0.5, 0.6) is 0 Å². The van der Waals surface area contributed by atoms with Crippen molar-refractivity contribution < 1.29 is 9.90 Å². The highest BCUT2D eigenvalue weighted by molar-refractivity contribution is 7.12. The molecule has 0 spiro atoms. The number of thiophene rings is 1. The number of aryl methyl sites for hydroxylation is 1. The van der Waals surface area contributed by atoms with Gasteiger partial charge in [0.1, 0.15) is 0 Å². The molecule has 1 N–H and O–H groups in total. The molecule has 22 heavy (non-hydrogen) atoms. The third-order valence-corrected chi connectivity index (χ3v) is 4.75. The zero-order chi connectivity index (χ0) is 15.7. The molecule has 0 bridgehead atoms. The summed E-state index contributed by atoms with van der Waals surface area (Å²) >= 11 is 1.46. The van der Waals surface area contributed by atoms with E-state index in [-0.39, 0.29) is 12.4 Å². The number of ketones is 1. The molecule has 0 aliphatic heterocycles. The number of aliphatic hydroxyl groups is 1. The fraction of sp³-hybridized carbons (Fsp3) is 0.222. The lowest BCUT2D eigenvalue weighted by Gasteiger charge is -2.07. The van der Waals surface area contributed by atoms with Crippen molar-refractivity contribution in [3.63, 3.8) is 0 Å². The average Bonchev–Trinajstić information content (AvgIpc) is 2.98. The van der Waals surface area contributed by atoms with Gasteiger partial charge in [0.25, 0.3) is 0 Å². The molecule has 0 amide bonds. The maximum atomic E-state index is 11.4. The van der Waals surface area contributed by atoms with Crippen molar-refractivity contribution >= 4 is 28.0 Å². The van der Waals surface area contributed by atoms with Crippen LogP contribution in [-0.2, 0) is 6.42 Å². The van der Waals surface area contributed by atoms with E-state index in [0.717, 1.165) is 38.2 Å². The minimum atomic E-state index is 0.0856. The Balaban J connectivity index is 2.08. The molecule has 4 heteroatoms. The molecule has 2 heterocycles. The van der Waals surface area contributed by atoms with E-state index in [0.29, 0.717) is 6.42 Å². The van der Waals surface area contributed by atoms with Crippen molar-refractivity contribution in [3.05, 3.63) is 51.7 Å². The molecular formula is C18H17NO2S. The lowest BCUT2D eigenvalue weighted by atomic mass is 10.0. The van der Waals surface area contributed by atoms with Gasteiger partial charge in [-0.15, -0.1) is 11.3 Å². The number of aromatic nitrogens is 1. The number of Topliss-reactive ketones (excluding diaryl/α,β-unsaturated/α-hetero) is 1. The Morgan fingerprint density at radius 2 is 2.09 bits per heavy atom. The van der Waals surface area contributed by atoms with E-state index in [1.165, 1.54) is 11.3 Å². The number of benzene rings is 1. The van der Waals surface area contributed by atoms with E-state index in [2.05, 4.69) is 19.1 Å². The van der Waals surface area contributed by atoms with Crippen molar-refractivity contribution in [3.8, 4) is 11.3 Å². The zero-order valence-electron chi connectivity index (χ0n) is 12.6. The summed E-state index contributed by atoms with van der Waals surface area (Å²) in [6, 6.07) is 10.0. The minimum absolute atomic E-state index is 0.0856. The first-order chi connectivity index (χ1) is 10.6. The Bertz CT molecular complexity index is 851. The second kappa shape index (κ2) is 5.99. The first kappa shape index (κ1) is 14.9. The number of carbonyl (C=O) groups excluding carboxylic acids is 1. The first-order valence-electron chi connectivity index (χ1n) is 7.19. The Morgan fingerprint density at radius 3 is 2.77 bits per heavy atom. The Labute approximate surface area is 133 Å². The van der Waals surface area contributed by atoms with Gasteiger partial charge in [0.2, 0.25) is 0 Å². The van der Waals surface area contributed by atoms with Crippen LogP contribution in [0.4, 0.5) is 0 Å². The molecule has 0 unspecified atom stereocenters. The molecule has 0 atom stereocenters. The second-order valence-electron chi connectivity index (χ2n) is 5.41. The molecule has 3 aromatic rings. The monoisotopic (exact) mass is 311 g/mol. The van der Waals surface area contributed by atoms with Gasteiger partial charge in [-0.3, -0.25) is 4.79 Å². The number of pyridine rings is 1. The number of carbonyl (C=O) groups is 1. The van der Waals surface area contributed by atoms with Crippen LogP contribution >= 0.6 is 11.3 Å². The highest BCUT2D eigenvalue weighted by atomic mass is 32.1. The summed E-state index contributed by atoms with van der Waals surface area (Å²) in [5, 5.41) is 12.1. The maximum absolute atomic E-state index is 11.4. The fourth-order valence-corrected chi connectivity index (χ4v) is 3.33. The summed E-state index contributed by atoms with van der Waals surface area (Å²) in [6.07, 6.45) is 0.656. The van der Waals surface area contributed by atoms with Crippen molar-refractivity contribution in [2.45, 2.75) is 20.3 Å². The number of nitrogens with zero attached hydrogens (tertiary/aromatic N) is 1. The second-order valence-corrected chi connectivity index (χ2v) is 6.32. The van der Waals surface area contributed by atoms with Crippen LogP contribution in [0.25, 0.3) is 22.2 Å². The lowest BCUT2D eigenvalue weighted by Crippen LogP contribution is -1.93. The van der Waals surface area contributed by atoms with Gasteiger partial charge in [-0.1, -0.05) is 6.07 Å². The van der Waals surface area contributed by atoms with Crippen LogP contribution in [0.1, 0.15) is 27.7 Å². The Morgan fingerprint density at radius 1 is 1.27 bits per heavy atom. The van der Waals surface area contributed by atoms with Crippen LogP contribution in [0, 0.1) is 6.92 Å². The van der Waals surface area contributed by atoms with Crippen molar-refractivity contribution in [1.82, 2.24) is 4.98 Å². The topological polar surface area (TPSA) is 50.2 Å². The number of hydrogen-bond acceptors (Lipinski definition) is 4. The SMILES string of the molecule is CC(=O)c1cc(-c2cc(C)c3cc(CCO)ccc3n2)cs1. The Hall–Kier alpha value is -2.04. The van der Waals surface area contributed by atoms with E-state index in [1.807, 2.05) is 23.6 Å². The highest BCUT2D eigenvalue weighted by Gasteiger charge is 2.10. The van der Waals surface area contributed by atoms with E-state index in [1.54, 1.807) is 6.92 Å². The number of fused-ring (bicyclic) bond motifs is 1. The van der Waals surface area contributed by atoms with Gasteiger partial charge in [0, 0.05) is 22.9 Å². The molecule has 1 aromatic carbocycles. The third kappa shape index (κ3) is 2.80. The smallest absolute Gasteiger partial charge is 0.169 e. The minimum Gasteiger partial charge on any atom is -0.396 e. The highest BCUT2D eigenvalue weighted by Crippen LogP contribution is 2.28. The van der Waals surface area contributed by atoms with Crippen LogP contribution < -0.4 is 0 Å². The normalized spacial score (nSPS) is 11.0. The molecule has 2 aromatic heterocycles. The van der Waals surface area contributed by atoms with E-state index in [4.69, 9.17) is 10.1 Å². The van der Waals surface area contributed by atoms with Gasteiger partial charge in [-0.05, 0) is 55.7 Å². The van der Waals surface area contributed by atoms with Crippen LogP contribution in [-0.4, -0.2) is 22.5 Å². The summed E-state index contributed by atoms with van der Waals surface area (Å²) in [5.41, 5.74) is 5.08. The van der Waals surface area contributed by atoms with E-state index in [9.17, 15) is 4.79 Å². The average molecular weight is 311 g/mol. The molecule has 112 valence electrons. The molecule has 0 fully saturated rings. The summed E-state index contributed by atoms with van der Waals surface area (Å²) in [6.45, 7) is 3.80. The molecule has 0 saturated carbocycles. The summed E-state index contributed by atoms with van der Waals surface area (Å²) in [7, 11) is 0. The first-order valence-corrected chi connectivity index (χ1v) is 8.07. The molecule has 0 saturated heterocycles. The molecule has 0 aliphatic carbocycles. The number of rotatable bonds is 4. The Kier molecular flexibility index (Phi) is 4.05. The fourth-order valence-electron chi connectivity index (χ4n) is 2.53. The third-order valence-electron chi connectivity index (χ3n) is 3.72. The summed E-state index contributed by atoms with van der Waals surface area (Å²) in [5.74, 6) is 0.0856. The molecule has 3 rings (SSSR count). The van der Waals surface area contributed by atoms with E-state index < -0.39 is 0 Å². The quantitative estimate of drug-likeness (QED) is 0.741.